The van der Waals surface area contributed by atoms with Crippen LogP contribution in [0.15, 0.2) is 16.8 Å². The molecule has 0 radical (unpaired) electrons. The minimum absolute atomic E-state index is 0.159. The van der Waals surface area contributed by atoms with E-state index in [4.69, 9.17) is 5.26 Å². The lowest BCUT2D eigenvalue weighted by molar-refractivity contribution is -0.119. The molecule has 3 nitrogen and oxygen atoms in total. The van der Waals surface area contributed by atoms with Crippen molar-refractivity contribution in [3.8, 4) is 6.07 Å². The molecule has 2 rings (SSSR count). The van der Waals surface area contributed by atoms with E-state index in [1.54, 1.807) is 0 Å². The zero-order valence-corrected chi connectivity index (χ0v) is 7.73. The number of anilines is 1. The average molecular weight is 192 g/mol. The maximum absolute atomic E-state index is 11.5. The Labute approximate surface area is 80.0 Å². The highest BCUT2D eigenvalue weighted by molar-refractivity contribution is 7.08. The van der Waals surface area contributed by atoms with E-state index in [2.05, 4.69) is 11.4 Å². The number of carbonyl (C=O) groups is 1. The summed E-state index contributed by atoms with van der Waals surface area (Å²) in [6, 6.07) is 3.89. The van der Waals surface area contributed by atoms with Crippen LogP contribution < -0.4 is 5.32 Å². The van der Waals surface area contributed by atoms with Crippen molar-refractivity contribution in [2.75, 3.05) is 5.32 Å². The fourth-order valence-electron chi connectivity index (χ4n) is 1.10. The Hall–Kier alpha value is -1.34. The Bertz CT molecular complexity index is 359. The molecular formula is C9H8N2OS. The average Bonchev–Trinajstić information content (AvgIpc) is 2.79. The third-order valence-corrected chi connectivity index (χ3v) is 2.86. The summed E-state index contributed by atoms with van der Waals surface area (Å²) in [7, 11) is 0. The standard InChI is InChI=1S/C9H8N2OS/c10-6-9(2-3-9)8(12)11-7-1-4-13-5-7/h1,4-5H,2-3H2,(H,11,12). The number of carbonyl (C=O) groups excluding carboxylic acids is 1. The fourth-order valence-corrected chi connectivity index (χ4v) is 1.69. The van der Waals surface area contributed by atoms with Crippen LogP contribution in [0.1, 0.15) is 12.8 Å². The third kappa shape index (κ3) is 1.43. The van der Waals surface area contributed by atoms with Gasteiger partial charge in [0.1, 0.15) is 5.41 Å². The summed E-state index contributed by atoms with van der Waals surface area (Å²) in [5.41, 5.74) is 0.0681. The predicted octanol–water partition coefficient (Wildman–Crippen LogP) is 1.99. The Morgan fingerprint density at radius 1 is 1.69 bits per heavy atom. The first-order valence-corrected chi connectivity index (χ1v) is 4.96. The molecule has 1 aromatic heterocycles. The molecule has 66 valence electrons. The van der Waals surface area contributed by atoms with Crippen molar-refractivity contribution in [1.82, 2.24) is 0 Å². The number of rotatable bonds is 2. The molecule has 1 amide bonds. The first-order chi connectivity index (χ1) is 6.27. The molecule has 0 spiro atoms. The molecular weight excluding hydrogens is 184 g/mol. The van der Waals surface area contributed by atoms with Crippen LogP contribution in [0.5, 0.6) is 0 Å². The van der Waals surface area contributed by atoms with Gasteiger partial charge in [0.25, 0.3) is 0 Å². The predicted molar refractivity (Wildman–Crippen MR) is 50.2 cm³/mol. The fraction of sp³-hybridized carbons (Fsp3) is 0.333. The zero-order valence-electron chi connectivity index (χ0n) is 6.91. The Morgan fingerprint density at radius 3 is 2.92 bits per heavy atom. The van der Waals surface area contributed by atoms with E-state index >= 15 is 0 Å². The maximum atomic E-state index is 11.5. The van der Waals surface area contributed by atoms with E-state index in [1.807, 2.05) is 16.8 Å². The van der Waals surface area contributed by atoms with Crippen molar-refractivity contribution < 1.29 is 4.79 Å². The van der Waals surface area contributed by atoms with Gasteiger partial charge in [-0.05, 0) is 24.3 Å². The van der Waals surface area contributed by atoms with Crippen LogP contribution in [-0.4, -0.2) is 5.91 Å². The van der Waals surface area contributed by atoms with Gasteiger partial charge in [0.15, 0.2) is 0 Å². The number of amides is 1. The van der Waals surface area contributed by atoms with Crippen molar-refractivity contribution in [2.24, 2.45) is 5.41 Å². The molecule has 1 aliphatic rings. The lowest BCUT2D eigenvalue weighted by Crippen LogP contribution is -2.22. The molecule has 1 aromatic rings. The van der Waals surface area contributed by atoms with Crippen molar-refractivity contribution in [3.63, 3.8) is 0 Å². The Balaban J connectivity index is 2.05. The van der Waals surface area contributed by atoms with Gasteiger partial charge in [-0.15, -0.1) is 0 Å². The number of nitriles is 1. The van der Waals surface area contributed by atoms with E-state index in [-0.39, 0.29) is 5.91 Å². The van der Waals surface area contributed by atoms with Crippen molar-refractivity contribution in [2.45, 2.75) is 12.8 Å². The summed E-state index contributed by atoms with van der Waals surface area (Å²) in [5, 5.41) is 15.2. The van der Waals surface area contributed by atoms with E-state index < -0.39 is 5.41 Å². The highest BCUT2D eigenvalue weighted by Gasteiger charge is 2.50. The number of thiophene rings is 1. The normalized spacial score (nSPS) is 17.5. The monoisotopic (exact) mass is 192 g/mol. The highest BCUT2D eigenvalue weighted by atomic mass is 32.1. The minimum Gasteiger partial charge on any atom is -0.324 e. The number of nitrogens with one attached hydrogen (secondary N) is 1. The van der Waals surface area contributed by atoms with Gasteiger partial charge >= 0.3 is 0 Å². The minimum atomic E-state index is -0.720. The third-order valence-electron chi connectivity index (χ3n) is 2.18. The molecule has 0 bridgehead atoms. The molecule has 0 saturated heterocycles. The lowest BCUT2D eigenvalue weighted by atomic mass is 10.1. The molecule has 0 unspecified atom stereocenters. The van der Waals surface area contributed by atoms with Crippen molar-refractivity contribution in [3.05, 3.63) is 16.8 Å². The van der Waals surface area contributed by atoms with E-state index in [0.717, 1.165) is 5.69 Å². The van der Waals surface area contributed by atoms with Crippen LogP contribution >= 0.6 is 11.3 Å². The van der Waals surface area contributed by atoms with Crippen LogP contribution in [0.2, 0.25) is 0 Å². The van der Waals surface area contributed by atoms with Gasteiger partial charge in [-0.3, -0.25) is 4.79 Å². The summed E-state index contributed by atoms with van der Waals surface area (Å²) >= 11 is 1.52. The van der Waals surface area contributed by atoms with Gasteiger partial charge < -0.3 is 5.32 Å². The van der Waals surface area contributed by atoms with Gasteiger partial charge in [0.05, 0.1) is 11.8 Å². The second kappa shape index (κ2) is 2.86. The lowest BCUT2D eigenvalue weighted by Gasteiger charge is -2.05. The quantitative estimate of drug-likeness (QED) is 0.779. The maximum Gasteiger partial charge on any atom is 0.244 e. The number of hydrogen-bond acceptors (Lipinski definition) is 3. The van der Waals surface area contributed by atoms with Crippen LogP contribution in [0.3, 0.4) is 0 Å². The van der Waals surface area contributed by atoms with Gasteiger partial charge in [-0.25, -0.2) is 0 Å². The number of nitrogens with zero attached hydrogens (tertiary/aromatic N) is 1. The second-order valence-electron chi connectivity index (χ2n) is 3.16. The van der Waals surface area contributed by atoms with Gasteiger partial charge in [0, 0.05) is 5.38 Å². The van der Waals surface area contributed by atoms with E-state index in [1.165, 1.54) is 11.3 Å². The molecule has 1 heterocycles. The van der Waals surface area contributed by atoms with E-state index in [0.29, 0.717) is 12.8 Å². The molecule has 4 heteroatoms. The zero-order chi connectivity index (χ0) is 9.31. The van der Waals surface area contributed by atoms with Crippen LogP contribution in [0.25, 0.3) is 0 Å². The molecule has 0 aliphatic heterocycles. The molecule has 13 heavy (non-hydrogen) atoms. The highest BCUT2D eigenvalue weighted by Crippen LogP contribution is 2.45. The van der Waals surface area contributed by atoms with Gasteiger partial charge in [-0.1, -0.05) is 0 Å². The van der Waals surface area contributed by atoms with Gasteiger partial charge in [0.2, 0.25) is 5.91 Å². The van der Waals surface area contributed by atoms with Gasteiger partial charge in [-0.2, -0.15) is 16.6 Å². The Morgan fingerprint density at radius 2 is 2.46 bits per heavy atom. The second-order valence-corrected chi connectivity index (χ2v) is 3.94. The van der Waals surface area contributed by atoms with Crippen molar-refractivity contribution >= 4 is 22.9 Å². The molecule has 1 fully saturated rings. The van der Waals surface area contributed by atoms with E-state index in [9.17, 15) is 4.79 Å². The largest absolute Gasteiger partial charge is 0.324 e. The van der Waals surface area contributed by atoms with Crippen LogP contribution in [0, 0.1) is 16.7 Å². The smallest absolute Gasteiger partial charge is 0.244 e. The number of hydrogen-bond donors (Lipinski definition) is 1. The molecule has 0 aromatic carbocycles. The molecule has 1 aliphatic carbocycles. The first-order valence-electron chi connectivity index (χ1n) is 4.02. The van der Waals surface area contributed by atoms with Crippen LogP contribution in [0.4, 0.5) is 5.69 Å². The molecule has 1 saturated carbocycles. The molecule has 0 atom stereocenters. The topological polar surface area (TPSA) is 52.9 Å². The summed E-state index contributed by atoms with van der Waals surface area (Å²) < 4.78 is 0. The SMILES string of the molecule is N#CC1(C(=O)Nc2ccsc2)CC1. The van der Waals surface area contributed by atoms with Crippen LogP contribution in [-0.2, 0) is 4.79 Å². The summed E-state index contributed by atoms with van der Waals surface area (Å²) in [4.78, 5) is 11.5. The summed E-state index contributed by atoms with van der Waals surface area (Å²) in [6.45, 7) is 0. The summed E-state index contributed by atoms with van der Waals surface area (Å²) in [5.74, 6) is -0.159. The van der Waals surface area contributed by atoms with Crippen molar-refractivity contribution in [1.29, 1.82) is 5.26 Å². The summed E-state index contributed by atoms with van der Waals surface area (Å²) in [6.07, 6.45) is 1.39. The first kappa shape index (κ1) is 8.27. The Kier molecular flexibility index (Phi) is 1.82. The molecule has 1 N–H and O–H groups in total.